The van der Waals surface area contributed by atoms with Gasteiger partial charge in [0.1, 0.15) is 0 Å². The fraction of sp³-hybridized carbons (Fsp3) is 0.650. The van der Waals surface area contributed by atoms with Gasteiger partial charge in [0.2, 0.25) is 0 Å². The van der Waals surface area contributed by atoms with E-state index < -0.39 is 11.7 Å². The molecule has 28 heavy (non-hydrogen) atoms. The average molecular weight is 402 g/mol. The summed E-state index contributed by atoms with van der Waals surface area (Å²) in [6, 6.07) is 4.68. The lowest BCUT2D eigenvalue weighted by molar-refractivity contribution is -0.137. The quantitative estimate of drug-likeness (QED) is 0.736. The first-order valence-corrected chi connectivity index (χ1v) is 9.60. The lowest BCUT2D eigenvalue weighted by atomic mass is 9.99. The molecule has 2 rings (SSSR count). The zero-order valence-electron chi connectivity index (χ0n) is 16.3. The number of hydrogen-bond donors (Lipinski definition) is 2. The first-order valence-electron chi connectivity index (χ1n) is 9.60. The van der Waals surface area contributed by atoms with Crippen LogP contribution in [-0.2, 0) is 17.3 Å². The first kappa shape index (κ1) is 22.5. The molecular formula is C20H29F3N2O3. The minimum Gasteiger partial charge on any atom is -0.396 e. The second-order valence-corrected chi connectivity index (χ2v) is 7.70. The van der Waals surface area contributed by atoms with Crippen LogP contribution in [0, 0.1) is 11.8 Å². The van der Waals surface area contributed by atoms with Crippen LogP contribution < -0.4 is 5.32 Å². The highest BCUT2D eigenvalue weighted by Crippen LogP contribution is 2.29. The molecule has 1 aromatic rings. The van der Waals surface area contributed by atoms with E-state index in [1.165, 1.54) is 12.1 Å². The smallest absolute Gasteiger partial charge is 0.396 e. The molecule has 1 aliphatic rings. The number of hydrogen-bond acceptors (Lipinski definition) is 3. The van der Waals surface area contributed by atoms with Crippen molar-refractivity contribution in [2.24, 2.45) is 11.8 Å². The predicted molar refractivity (Wildman–Crippen MR) is 99.9 cm³/mol. The third-order valence-electron chi connectivity index (χ3n) is 4.77. The highest BCUT2D eigenvalue weighted by molar-refractivity contribution is 5.74. The summed E-state index contributed by atoms with van der Waals surface area (Å²) in [6.45, 7) is 5.85. The molecule has 0 aliphatic carbocycles. The van der Waals surface area contributed by atoms with Crippen molar-refractivity contribution in [2.75, 3.05) is 32.8 Å². The van der Waals surface area contributed by atoms with Gasteiger partial charge in [0.25, 0.3) is 0 Å². The molecule has 2 atom stereocenters. The van der Waals surface area contributed by atoms with E-state index in [2.05, 4.69) is 19.2 Å². The summed E-state index contributed by atoms with van der Waals surface area (Å²) < 4.78 is 43.6. The van der Waals surface area contributed by atoms with Crippen LogP contribution in [0.1, 0.15) is 31.4 Å². The second kappa shape index (κ2) is 10.1. The molecule has 2 amide bonds. The molecular weight excluding hydrogens is 373 g/mol. The van der Waals surface area contributed by atoms with Crippen molar-refractivity contribution in [2.45, 2.75) is 39.0 Å². The Morgan fingerprint density at radius 2 is 2.00 bits per heavy atom. The molecule has 0 radical (unpaired) electrons. The van der Waals surface area contributed by atoms with Gasteiger partial charge in [-0.3, -0.25) is 0 Å². The minimum absolute atomic E-state index is 0.0280. The number of aliphatic hydroxyl groups excluding tert-OH is 1. The van der Waals surface area contributed by atoms with E-state index in [4.69, 9.17) is 4.74 Å². The zero-order chi connectivity index (χ0) is 20.7. The van der Waals surface area contributed by atoms with Crippen LogP contribution >= 0.6 is 0 Å². The van der Waals surface area contributed by atoms with Gasteiger partial charge in [0, 0.05) is 32.2 Å². The Morgan fingerprint density at radius 1 is 1.32 bits per heavy atom. The highest BCUT2D eigenvalue weighted by Gasteiger charge is 2.30. The van der Waals surface area contributed by atoms with Crippen molar-refractivity contribution in [3.63, 3.8) is 0 Å². The Balaban J connectivity index is 1.83. The summed E-state index contributed by atoms with van der Waals surface area (Å²) in [5, 5.41) is 12.4. The van der Waals surface area contributed by atoms with Gasteiger partial charge in [-0.2, -0.15) is 13.2 Å². The van der Waals surface area contributed by atoms with Gasteiger partial charge in [-0.1, -0.05) is 26.0 Å². The lowest BCUT2D eigenvalue weighted by Gasteiger charge is -2.34. The Hall–Kier alpha value is -1.80. The fourth-order valence-electron chi connectivity index (χ4n) is 3.28. The molecule has 5 nitrogen and oxygen atoms in total. The molecule has 0 bridgehead atoms. The van der Waals surface area contributed by atoms with Crippen molar-refractivity contribution in [1.29, 1.82) is 0 Å². The maximum atomic E-state index is 12.6. The third-order valence-corrected chi connectivity index (χ3v) is 4.77. The number of rotatable bonds is 7. The van der Waals surface area contributed by atoms with Crippen LogP contribution in [0.4, 0.5) is 18.0 Å². The summed E-state index contributed by atoms with van der Waals surface area (Å²) in [7, 11) is 0. The Morgan fingerprint density at radius 3 is 2.57 bits per heavy atom. The van der Waals surface area contributed by atoms with Crippen molar-refractivity contribution < 1.29 is 27.8 Å². The van der Waals surface area contributed by atoms with E-state index in [-0.39, 0.29) is 31.2 Å². The van der Waals surface area contributed by atoms with E-state index in [0.717, 1.165) is 18.6 Å². The van der Waals surface area contributed by atoms with Crippen LogP contribution in [-0.4, -0.2) is 55.0 Å². The van der Waals surface area contributed by atoms with Crippen LogP contribution in [0.2, 0.25) is 0 Å². The van der Waals surface area contributed by atoms with E-state index in [9.17, 15) is 23.1 Å². The minimum atomic E-state index is -4.37. The van der Waals surface area contributed by atoms with Gasteiger partial charge >= 0.3 is 12.2 Å². The number of ether oxygens (including phenoxy) is 1. The monoisotopic (exact) mass is 402 g/mol. The largest absolute Gasteiger partial charge is 0.416 e. The van der Waals surface area contributed by atoms with Crippen LogP contribution in [0.15, 0.2) is 24.3 Å². The van der Waals surface area contributed by atoms with Crippen molar-refractivity contribution >= 4 is 6.03 Å². The van der Waals surface area contributed by atoms with Crippen molar-refractivity contribution in [3.8, 4) is 0 Å². The zero-order valence-corrected chi connectivity index (χ0v) is 16.3. The maximum Gasteiger partial charge on any atom is 0.416 e. The van der Waals surface area contributed by atoms with E-state index in [0.29, 0.717) is 37.6 Å². The summed E-state index contributed by atoms with van der Waals surface area (Å²) >= 11 is 0. The molecule has 0 spiro atoms. The molecule has 1 heterocycles. The predicted octanol–water partition coefficient (Wildman–Crippen LogP) is 3.31. The van der Waals surface area contributed by atoms with Gasteiger partial charge in [0.15, 0.2) is 0 Å². The number of nitrogens with one attached hydrogen (secondary N) is 1. The molecule has 1 aromatic carbocycles. The van der Waals surface area contributed by atoms with E-state index >= 15 is 0 Å². The number of nitrogens with zero attached hydrogens (tertiary/aromatic N) is 1. The lowest BCUT2D eigenvalue weighted by Crippen LogP contribution is -2.50. The van der Waals surface area contributed by atoms with Crippen LogP contribution in [0.5, 0.6) is 0 Å². The fourth-order valence-corrected chi connectivity index (χ4v) is 3.28. The summed E-state index contributed by atoms with van der Waals surface area (Å²) in [5.41, 5.74) is -0.0157. The molecule has 0 aromatic heterocycles. The molecule has 158 valence electrons. The van der Waals surface area contributed by atoms with Gasteiger partial charge < -0.3 is 20.1 Å². The van der Waals surface area contributed by atoms with Crippen molar-refractivity contribution in [1.82, 2.24) is 10.2 Å². The third kappa shape index (κ3) is 6.98. The molecule has 1 fully saturated rings. The molecule has 1 aliphatic heterocycles. The van der Waals surface area contributed by atoms with Crippen molar-refractivity contribution in [3.05, 3.63) is 35.4 Å². The van der Waals surface area contributed by atoms with Gasteiger partial charge in [-0.25, -0.2) is 4.79 Å². The number of aliphatic hydroxyl groups is 1. The number of benzene rings is 1. The topological polar surface area (TPSA) is 61.8 Å². The second-order valence-electron chi connectivity index (χ2n) is 7.70. The number of amides is 2. The standard InChI is InChI=1S/C20H29F3N2O3/c1-14(2)9-18-12-25(7-8-28-18)19(27)24-11-16(13-26)10-15-3-5-17(6-4-15)20(21,22)23/h3-6,14,16,18,26H,7-13H2,1-2H3,(H,24,27)/t16?,18-/m0/s1. The highest BCUT2D eigenvalue weighted by atomic mass is 19.4. The first-order chi connectivity index (χ1) is 13.2. The van der Waals surface area contributed by atoms with Gasteiger partial charge in [-0.05, 0) is 36.5 Å². The number of carbonyl (C=O) groups is 1. The molecule has 2 N–H and O–H groups in total. The Kier molecular flexibility index (Phi) is 8.12. The van der Waals surface area contributed by atoms with Crippen LogP contribution in [0.25, 0.3) is 0 Å². The summed E-state index contributed by atoms with van der Waals surface area (Å²) in [4.78, 5) is 14.1. The van der Waals surface area contributed by atoms with E-state index in [1.54, 1.807) is 4.90 Å². The Bertz CT molecular complexity index is 620. The number of halogens is 3. The number of carbonyl (C=O) groups excluding carboxylic acids is 1. The van der Waals surface area contributed by atoms with Gasteiger partial charge in [0.05, 0.1) is 18.3 Å². The SMILES string of the molecule is CC(C)C[C@H]1CN(C(=O)NCC(CO)Cc2ccc(C(F)(F)F)cc2)CCO1. The normalized spacial score (nSPS) is 19.0. The Labute approximate surface area is 163 Å². The molecule has 0 saturated carbocycles. The molecule has 1 saturated heterocycles. The number of morpholine rings is 1. The van der Waals surface area contributed by atoms with Crippen LogP contribution in [0.3, 0.4) is 0 Å². The number of alkyl halides is 3. The maximum absolute atomic E-state index is 12.6. The molecule has 8 heteroatoms. The number of urea groups is 1. The molecule has 1 unspecified atom stereocenters. The summed E-state index contributed by atoms with van der Waals surface area (Å²) in [5.74, 6) is 0.212. The average Bonchev–Trinajstić information content (AvgIpc) is 2.64. The van der Waals surface area contributed by atoms with Gasteiger partial charge in [-0.15, -0.1) is 0 Å². The van der Waals surface area contributed by atoms with E-state index in [1.807, 2.05) is 0 Å². The summed E-state index contributed by atoms with van der Waals surface area (Å²) in [6.07, 6.45) is -3.07.